The third kappa shape index (κ3) is 4.26. The number of hydrogen-bond donors (Lipinski definition) is 0. The van der Waals surface area contributed by atoms with Crippen LogP contribution >= 0.6 is 0 Å². The molecule has 2 aliphatic heterocycles. The van der Waals surface area contributed by atoms with Crippen LogP contribution in [0.15, 0.2) is 48.1 Å². The van der Waals surface area contributed by atoms with Crippen LogP contribution in [0, 0.1) is 5.92 Å². The quantitative estimate of drug-likeness (QED) is 0.229. The molecule has 30 heavy (non-hydrogen) atoms. The van der Waals surface area contributed by atoms with Crippen LogP contribution in [0.2, 0.25) is 0 Å². The van der Waals surface area contributed by atoms with Gasteiger partial charge in [0, 0.05) is 29.6 Å². The molecule has 2 heterocycles. The molecule has 0 aromatic carbocycles. The van der Waals surface area contributed by atoms with Gasteiger partial charge in [0.25, 0.3) is 0 Å². The Kier molecular flexibility index (Phi) is 5.78. The first-order chi connectivity index (χ1) is 13.9. The Balaban J connectivity index is 1.98. The fourth-order valence-electron chi connectivity index (χ4n) is 3.95. The number of epoxide rings is 1. The van der Waals surface area contributed by atoms with Gasteiger partial charge >= 0.3 is 17.9 Å². The summed E-state index contributed by atoms with van der Waals surface area (Å²) in [6.07, 6.45) is 0.405. The van der Waals surface area contributed by atoms with Gasteiger partial charge in [-0.1, -0.05) is 19.7 Å². The maximum atomic E-state index is 12.3. The van der Waals surface area contributed by atoms with Crippen LogP contribution in [0.1, 0.15) is 40.5 Å². The van der Waals surface area contributed by atoms with E-state index in [1.54, 1.807) is 26.8 Å². The minimum Gasteiger partial charge on any atom is -0.458 e. The third-order valence-corrected chi connectivity index (χ3v) is 5.87. The van der Waals surface area contributed by atoms with E-state index in [2.05, 4.69) is 19.7 Å². The predicted molar refractivity (Wildman–Crippen MR) is 108 cm³/mol. The second-order valence-corrected chi connectivity index (χ2v) is 8.59. The van der Waals surface area contributed by atoms with E-state index in [-0.39, 0.29) is 17.3 Å². The lowest BCUT2D eigenvalue weighted by atomic mass is 9.82. The third-order valence-electron chi connectivity index (χ3n) is 5.87. The highest BCUT2D eigenvalue weighted by atomic mass is 16.6. The first-order valence-corrected chi connectivity index (χ1v) is 9.92. The Labute approximate surface area is 176 Å². The lowest BCUT2D eigenvalue weighted by Gasteiger charge is -2.29. The molecular weight excluding hydrogens is 388 g/mol. The van der Waals surface area contributed by atoms with E-state index in [4.69, 9.17) is 18.9 Å². The minimum absolute atomic E-state index is 0.197. The molecular formula is C23H28O7. The van der Waals surface area contributed by atoms with E-state index in [1.165, 1.54) is 0 Å². The molecule has 2 saturated heterocycles. The van der Waals surface area contributed by atoms with Crippen LogP contribution < -0.4 is 0 Å². The second kappa shape index (κ2) is 7.87. The van der Waals surface area contributed by atoms with E-state index >= 15 is 0 Å². The fraction of sp³-hybridized carbons (Fsp3) is 0.522. The fourth-order valence-corrected chi connectivity index (χ4v) is 3.95. The number of fused-ring (bicyclic) bond motifs is 2. The highest BCUT2D eigenvalue weighted by Gasteiger charge is 2.58. The first-order valence-electron chi connectivity index (χ1n) is 9.92. The molecule has 162 valence electrons. The molecule has 1 aliphatic carbocycles. The molecule has 0 amide bonds. The van der Waals surface area contributed by atoms with Gasteiger partial charge in [-0.3, -0.25) is 0 Å². The lowest BCUT2D eigenvalue weighted by Crippen LogP contribution is -2.38. The largest absolute Gasteiger partial charge is 0.458 e. The van der Waals surface area contributed by atoms with Crippen molar-refractivity contribution < 1.29 is 33.3 Å². The normalized spacial score (nSPS) is 36.9. The summed E-state index contributed by atoms with van der Waals surface area (Å²) in [5, 5.41) is 0. The maximum Gasteiger partial charge on any atom is 0.334 e. The van der Waals surface area contributed by atoms with E-state index in [9.17, 15) is 14.4 Å². The molecule has 0 aromatic heterocycles. The van der Waals surface area contributed by atoms with E-state index in [0.717, 1.165) is 0 Å². The summed E-state index contributed by atoms with van der Waals surface area (Å²) in [4.78, 5) is 36.7. The summed E-state index contributed by atoms with van der Waals surface area (Å²) in [6, 6.07) is 0. The Bertz CT molecular complexity index is 867. The summed E-state index contributed by atoms with van der Waals surface area (Å²) >= 11 is 0. The van der Waals surface area contributed by atoms with Gasteiger partial charge in [0.2, 0.25) is 0 Å². The zero-order chi connectivity index (χ0) is 22.4. The molecule has 3 rings (SSSR count). The van der Waals surface area contributed by atoms with Crippen molar-refractivity contribution in [1.29, 1.82) is 0 Å². The molecule has 0 radical (unpaired) electrons. The second-order valence-electron chi connectivity index (χ2n) is 8.59. The number of hydrogen-bond acceptors (Lipinski definition) is 7. The van der Waals surface area contributed by atoms with Gasteiger partial charge in [0.05, 0.1) is 17.6 Å². The number of rotatable bonds is 4. The van der Waals surface area contributed by atoms with Gasteiger partial charge in [-0.15, -0.1) is 0 Å². The molecule has 7 heteroatoms. The SMILES string of the molecule is C=C(C)C(=O)OC1CC2OC2(C)CC(OC(=O)C(=C)C)C2C(=C)C(=O)OC2/C=C/1C. The van der Waals surface area contributed by atoms with Crippen molar-refractivity contribution in [3.8, 4) is 0 Å². The molecule has 2 fully saturated rings. The van der Waals surface area contributed by atoms with Crippen molar-refractivity contribution in [2.45, 2.75) is 70.6 Å². The molecule has 3 aliphatic rings. The van der Waals surface area contributed by atoms with Crippen molar-refractivity contribution >= 4 is 17.9 Å². The first kappa shape index (κ1) is 22.0. The summed E-state index contributed by atoms with van der Waals surface area (Å²) < 4.78 is 22.8. The van der Waals surface area contributed by atoms with Crippen molar-refractivity contribution in [2.75, 3.05) is 0 Å². The van der Waals surface area contributed by atoms with Crippen LogP contribution in [-0.4, -0.2) is 47.9 Å². The van der Waals surface area contributed by atoms with Crippen molar-refractivity contribution in [1.82, 2.24) is 0 Å². The maximum absolute atomic E-state index is 12.3. The zero-order valence-corrected chi connectivity index (χ0v) is 17.9. The Hall–Kier alpha value is -2.67. The van der Waals surface area contributed by atoms with Gasteiger partial charge < -0.3 is 18.9 Å². The van der Waals surface area contributed by atoms with Crippen LogP contribution in [-0.2, 0) is 33.3 Å². The highest BCUT2D eigenvalue weighted by molar-refractivity contribution is 5.92. The number of esters is 3. The number of carbonyl (C=O) groups is 3. The van der Waals surface area contributed by atoms with E-state index in [0.29, 0.717) is 24.0 Å². The molecule has 6 unspecified atom stereocenters. The number of ether oxygens (including phenoxy) is 4. The number of carbonyl (C=O) groups excluding carboxylic acids is 3. The molecule has 0 aromatic rings. The van der Waals surface area contributed by atoms with E-state index < -0.39 is 47.7 Å². The minimum atomic E-state index is -0.696. The van der Waals surface area contributed by atoms with Gasteiger partial charge in [-0.2, -0.15) is 0 Å². The Morgan fingerprint density at radius 1 is 1.17 bits per heavy atom. The highest BCUT2D eigenvalue weighted by Crippen LogP contribution is 2.48. The molecule has 7 nitrogen and oxygen atoms in total. The van der Waals surface area contributed by atoms with Crippen LogP contribution in [0.4, 0.5) is 0 Å². The van der Waals surface area contributed by atoms with Gasteiger partial charge in [0.15, 0.2) is 0 Å². The van der Waals surface area contributed by atoms with Gasteiger partial charge in [-0.25, -0.2) is 14.4 Å². The summed E-state index contributed by atoms with van der Waals surface area (Å²) in [6.45, 7) is 18.0. The van der Waals surface area contributed by atoms with Crippen molar-refractivity contribution in [3.63, 3.8) is 0 Å². The average molecular weight is 416 g/mol. The molecule has 0 bridgehead atoms. The van der Waals surface area contributed by atoms with Crippen LogP contribution in [0.25, 0.3) is 0 Å². The molecule has 0 spiro atoms. The van der Waals surface area contributed by atoms with Crippen LogP contribution in [0.5, 0.6) is 0 Å². The van der Waals surface area contributed by atoms with Gasteiger partial charge in [-0.05, 0) is 39.3 Å². The molecule has 0 saturated carbocycles. The Morgan fingerprint density at radius 2 is 1.77 bits per heavy atom. The topological polar surface area (TPSA) is 91.4 Å². The van der Waals surface area contributed by atoms with Gasteiger partial charge in [0.1, 0.15) is 18.3 Å². The smallest absolute Gasteiger partial charge is 0.334 e. The zero-order valence-electron chi connectivity index (χ0n) is 17.9. The Morgan fingerprint density at radius 3 is 2.37 bits per heavy atom. The van der Waals surface area contributed by atoms with Crippen molar-refractivity contribution in [3.05, 3.63) is 48.1 Å². The molecule has 0 N–H and O–H groups in total. The lowest BCUT2D eigenvalue weighted by molar-refractivity contribution is -0.149. The summed E-state index contributed by atoms with van der Waals surface area (Å²) in [5.74, 6) is -2.16. The van der Waals surface area contributed by atoms with Crippen LogP contribution in [0.3, 0.4) is 0 Å². The van der Waals surface area contributed by atoms with Crippen molar-refractivity contribution in [2.24, 2.45) is 5.92 Å². The average Bonchev–Trinajstić information content (AvgIpc) is 3.18. The standard InChI is InChI=1S/C23H28O7/c1-11(2)20(24)27-15-9-18-23(7,30-18)10-17(29-21(25)12(3)4)19-14(6)22(26)28-16(19)8-13(15)5/h8,15-19H,1,3,6,9-10H2,2,4-5,7H3/b13-8+. The van der Waals surface area contributed by atoms with E-state index in [1.807, 2.05) is 6.92 Å². The molecule has 6 atom stereocenters. The monoisotopic (exact) mass is 416 g/mol. The predicted octanol–water partition coefficient (Wildman–Crippen LogP) is 2.96. The summed E-state index contributed by atoms with van der Waals surface area (Å²) in [7, 11) is 0. The summed E-state index contributed by atoms with van der Waals surface area (Å²) in [5.41, 5.74) is 0.912.